The van der Waals surface area contributed by atoms with Crippen LogP contribution in [0.15, 0.2) is 12.5 Å². The molecule has 1 fully saturated rings. The Kier molecular flexibility index (Phi) is 2.14. The third-order valence-corrected chi connectivity index (χ3v) is 3.61. The van der Waals surface area contributed by atoms with E-state index in [0.717, 1.165) is 6.42 Å². The molecule has 1 heterocycles. The summed E-state index contributed by atoms with van der Waals surface area (Å²) in [6.07, 6.45) is 5.32. The summed E-state index contributed by atoms with van der Waals surface area (Å²) >= 11 is 0. The highest BCUT2D eigenvalue weighted by Crippen LogP contribution is 2.51. The molecule has 1 aromatic heterocycles. The lowest BCUT2D eigenvalue weighted by molar-refractivity contribution is -0.113. The number of methoxy groups -OCH3 is 1. The van der Waals surface area contributed by atoms with Crippen LogP contribution in [0.3, 0.4) is 0 Å². The standard InChI is InChI=1S/C11H18N2O/c1-8-6-12-7-13(8)9-5-10(14-4)11(9,2)3/h6-7,9-10H,5H2,1-4H3. The molecule has 1 aromatic rings. The molecule has 1 aliphatic rings. The molecule has 0 aliphatic heterocycles. The summed E-state index contributed by atoms with van der Waals surface area (Å²) in [4.78, 5) is 4.16. The molecule has 0 bridgehead atoms. The van der Waals surface area contributed by atoms with Crippen molar-refractivity contribution in [1.29, 1.82) is 0 Å². The number of rotatable bonds is 2. The molecular weight excluding hydrogens is 176 g/mol. The maximum Gasteiger partial charge on any atom is 0.0950 e. The molecule has 14 heavy (non-hydrogen) atoms. The van der Waals surface area contributed by atoms with Crippen LogP contribution in [-0.2, 0) is 4.74 Å². The summed E-state index contributed by atoms with van der Waals surface area (Å²) in [6, 6.07) is 0.537. The van der Waals surface area contributed by atoms with Gasteiger partial charge in [-0.05, 0) is 13.3 Å². The largest absolute Gasteiger partial charge is 0.381 e. The second-order valence-electron chi connectivity index (χ2n) is 4.74. The average molecular weight is 194 g/mol. The maximum atomic E-state index is 5.44. The highest BCUT2D eigenvalue weighted by molar-refractivity contribution is 5.07. The van der Waals surface area contributed by atoms with E-state index >= 15 is 0 Å². The van der Waals surface area contributed by atoms with Gasteiger partial charge >= 0.3 is 0 Å². The molecule has 1 aliphatic carbocycles. The second kappa shape index (κ2) is 3.09. The zero-order valence-corrected chi connectivity index (χ0v) is 9.32. The molecule has 0 N–H and O–H groups in total. The molecule has 0 amide bonds. The van der Waals surface area contributed by atoms with Crippen molar-refractivity contribution in [3.8, 4) is 0 Å². The molecule has 3 heteroatoms. The van der Waals surface area contributed by atoms with E-state index in [-0.39, 0.29) is 5.41 Å². The van der Waals surface area contributed by atoms with E-state index in [2.05, 4.69) is 30.3 Å². The lowest BCUT2D eigenvalue weighted by atomic mass is 9.64. The van der Waals surface area contributed by atoms with Crippen LogP contribution < -0.4 is 0 Å². The molecule has 0 saturated heterocycles. The SMILES string of the molecule is COC1CC(n2cncc2C)C1(C)C. The molecule has 0 aromatic carbocycles. The first-order valence-electron chi connectivity index (χ1n) is 5.08. The number of aromatic nitrogens is 2. The number of nitrogens with zero attached hydrogens (tertiary/aromatic N) is 2. The van der Waals surface area contributed by atoms with Crippen LogP contribution in [0, 0.1) is 12.3 Å². The predicted octanol–water partition coefficient (Wildman–Crippen LogP) is 2.18. The smallest absolute Gasteiger partial charge is 0.0950 e. The molecule has 2 rings (SSSR count). The van der Waals surface area contributed by atoms with Gasteiger partial charge in [-0.1, -0.05) is 13.8 Å². The monoisotopic (exact) mass is 194 g/mol. The Morgan fingerprint density at radius 2 is 2.29 bits per heavy atom. The van der Waals surface area contributed by atoms with Gasteiger partial charge in [0.1, 0.15) is 0 Å². The molecule has 2 unspecified atom stereocenters. The number of imidazole rings is 1. The van der Waals surface area contributed by atoms with Gasteiger partial charge in [0.2, 0.25) is 0 Å². The van der Waals surface area contributed by atoms with Crippen LogP contribution >= 0.6 is 0 Å². The Morgan fingerprint density at radius 3 is 2.71 bits per heavy atom. The topological polar surface area (TPSA) is 27.1 Å². The molecule has 2 atom stereocenters. The average Bonchev–Trinajstić information content (AvgIpc) is 2.51. The predicted molar refractivity (Wildman–Crippen MR) is 55.2 cm³/mol. The lowest BCUT2D eigenvalue weighted by Crippen LogP contribution is -2.51. The maximum absolute atomic E-state index is 5.44. The van der Waals surface area contributed by atoms with Crippen molar-refractivity contribution in [3.05, 3.63) is 18.2 Å². The summed E-state index contributed by atoms with van der Waals surface area (Å²) in [5.74, 6) is 0. The molecule has 0 radical (unpaired) electrons. The Balaban J connectivity index is 2.21. The van der Waals surface area contributed by atoms with E-state index < -0.39 is 0 Å². The van der Waals surface area contributed by atoms with Crippen LogP contribution in [0.4, 0.5) is 0 Å². The van der Waals surface area contributed by atoms with Gasteiger partial charge in [0.05, 0.1) is 12.4 Å². The first kappa shape index (κ1) is 9.71. The van der Waals surface area contributed by atoms with Gasteiger partial charge in [0.25, 0.3) is 0 Å². The van der Waals surface area contributed by atoms with Crippen molar-refractivity contribution in [2.75, 3.05) is 7.11 Å². The van der Waals surface area contributed by atoms with Crippen LogP contribution in [-0.4, -0.2) is 22.8 Å². The second-order valence-corrected chi connectivity index (χ2v) is 4.74. The van der Waals surface area contributed by atoms with Crippen LogP contribution in [0.2, 0.25) is 0 Å². The minimum atomic E-state index is 0.222. The fraction of sp³-hybridized carbons (Fsp3) is 0.727. The van der Waals surface area contributed by atoms with Crippen LogP contribution in [0.1, 0.15) is 32.0 Å². The van der Waals surface area contributed by atoms with E-state index in [1.54, 1.807) is 7.11 Å². The minimum Gasteiger partial charge on any atom is -0.381 e. The number of hydrogen-bond acceptors (Lipinski definition) is 2. The Morgan fingerprint density at radius 1 is 1.57 bits per heavy atom. The first-order valence-corrected chi connectivity index (χ1v) is 5.08. The van der Waals surface area contributed by atoms with Gasteiger partial charge in [-0.25, -0.2) is 4.98 Å². The van der Waals surface area contributed by atoms with E-state index in [1.165, 1.54) is 5.69 Å². The van der Waals surface area contributed by atoms with Crippen LogP contribution in [0.5, 0.6) is 0 Å². The third kappa shape index (κ3) is 1.19. The van der Waals surface area contributed by atoms with Crippen molar-refractivity contribution in [2.45, 2.75) is 39.3 Å². The van der Waals surface area contributed by atoms with Crippen molar-refractivity contribution < 1.29 is 4.74 Å². The summed E-state index contributed by atoms with van der Waals surface area (Å²) in [7, 11) is 1.80. The quantitative estimate of drug-likeness (QED) is 0.721. The van der Waals surface area contributed by atoms with Gasteiger partial charge in [0, 0.05) is 30.5 Å². The van der Waals surface area contributed by atoms with Gasteiger partial charge in [-0.3, -0.25) is 0 Å². The summed E-state index contributed by atoms with van der Waals surface area (Å²) < 4.78 is 7.70. The highest BCUT2D eigenvalue weighted by Gasteiger charge is 2.49. The summed E-state index contributed by atoms with van der Waals surface area (Å²) in [5, 5.41) is 0. The Bertz CT molecular complexity index is 330. The number of ether oxygens (including phenoxy) is 1. The van der Waals surface area contributed by atoms with E-state index in [4.69, 9.17) is 4.74 Å². The minimum absolute atomic E-state index is 0.222. The third-order valence-electron chi connectivity index (χ3n) is 3.61. The van der Waals surface area contributed by atoms with E-state index in [1.807, 2.05) is 12.5 Å². The summed E-state index contributed by atoms with van der Waals surface area (Å²) in [6.45, 7) is 6.62. The number of aryl methyl sites for hydroxylation is 1. The Labute approximate surface area is 85.1 Å². The molecule has 78 valence electrons. The van der Waals surface area contributed by atoms with Crippen LogP contribution in [0.25, 0.3) is 0 Å². The summed E-state index contributed by atoms with van der Waals surface area (Å²) in [5.41, 5.74) is 1.46. The molecule has 0 spiro atoms. The van der Waals surface area contributed by atoms with Gasteiger partial charge in [0.15, 0.2) is 0 Å². The highest BCUT2D eigenvalue weighted by atomic mass is 16.5. The molecule has 1 saturated carbocycles. The zero-order chi connectivity index (χ0) is 10.3. The zero-order valence-electron chi connectivity index (χ0n) is 9.32. The lowest BCUT2D eigenvalue weighted by Gasteiger charge is -2.51. The van der Waals surface area contributed by atoms with Gasteiger partial charge in [-0.2, -0.15) is 0 Å². The van der Waals surface area contributed by atoms with E-state index in [9.17, 15) is 0 Å². The van der Waals surface area contributed by atoms with Crippen molar-refractivity contribution in [2.24, 2.45) is 5.41 Å². The van der Waals surface area contributed by atoms with E-state index in [0.29, 0.717) is 12.1 Å². The fourth-order valence-corrected chi connectivity index (χ4v) is 2.43. The van der Waals surface area contributed by atoms with Crippen molar-refractivity contribution in [3.63, 3.8) is 0 Å². The van der Waals surface area contributed by atoms with Crippen molar-refractivity contribution in [1.82, 2.24) is 9.55 Å². The number of hydrogen-bond donors (Lipinski definition) is 0. The molecule has 3 nitrogen and oxygen atoms in total. The van der Waals surface area contributed by atoms with Gasteiger partial charge in [-0.15, -0.1) is 0 Å². The van der Waals surface area contributed by atoms with Crippen molar-refractivity contribution >= 4 is 0 Å². The Hall–Kier alpha value is -0.830. The first-order chi connectivity index (χ1) is 6.57. The fourth-order valence-electron chi connectivity index (χ4n) is 2.43. The molecular formula is C11H18N2O. The normalized spacial score (nSPS) is 30.0. The van der Waals surface area contributed by atoms with Gasteiger partial charge < -0.3 is 9.30 Å².